The molecule has 0 unspecified atom stereocenters. The zero-order valence-electron chi connectivity index (χ0n) is 21.2. The number of nitrogens with zero attached hydrogens (tertiary/aromatic N) is 2. The van der Waals surface area contributed by atoms with Crippen LogP contribution in [0.2, 0.25) is 0 Å². The fraction of sp³-hybridized carbons (Fsp3) is 0.467. The number of amides is 1. The Balaban J connectivity index is 1.21. The van der Waals surface area contributed by atoms with Crippen molar-refractivity contribution in [2.45, 2.75) is 69.8 Å². The van der Waals surface area contributed by atoms with E-state index in [2.05, 4.69) is 21.8 Å². The minimum Gasteiger partial charge on any atom is -0.491 e. The van der Waals surface area contributed by atoms with Gasteiger partial charge in [-0.25, -0.2) is 0 Å². The highest BCUT2D eigenvalue weighted by atomic mass is 16.5. The van der Waals surface area contributed by atoms with Gasteiger partial charge in [-0.15, -0.1) is 0 Å². The van der Waals surface area contributed by atoms with E-state index in [1.54, 1.807) is 12.1 Å². The molecule has 4 aliphatic rings. The summed E-state index contributed by atoms with van der Waals surface area (Å²) in [5.41, 5.74) is 1.69. The summed E-state index contributed by atoms with van der Waals surface area (Å²) in [6.45, 7) is 2.33. The summed E-state index contributed by atoms with van der Waals surface area (Å²) in [6.07, 6.45) is 9.83. The van der Waals surface area contributed by atoms with Crippen LogP contribution in [0.25, 0.3) is 6.08 Å². The standard InChI is InChI=1S/C30H32N3O4/c1-2-37-28-18-24-21(16-23(31-24)11-6-19-12-14-30(35,15-13-19)22-9-10-22)17-25(28)32-29(34)27-5-3-4-26(33(27)36)20-7-8-20/h3-5,16-20,22,35H,2,7-10,12-15H2,1H3,(H,34,36)/q+1/p+1. The van der Waals surface area contributed by atoms with Crippen LogP contribution in [-0.4, -0.2) is 34.1 Å². The number of hydrogen-bond acceptors (Lipinski definition) is 4. The van der Waals surface area contributed by atoms with Crippen molar-refractivity contribution in [1.82, 2.24) is 4.67 Å². The van der Waals surface area contributed by atoms with Gasteiger partial charge in [0.25, 0.3) is 0 Å². The van der Waals surface area contributed by atoms with E-state index in [0.717, 1.165) is 72.4 Å². The predicted molar refractivity (Wildman–Crippen MR) is 139 cm³/mol. The number of anilines is 1. The van der Waals surface area contributed by atoms with Crippen LogP contribution in [0.1, 0.15) is 80.4 Å². The molecular formula is C30H33N3O4+2. The molecule has 1 aromatic carbocycles. The second-order valence-corrected chi connectivity index (χ2v) is 10.8. The predicted octanol–water partition coefficient (Wildman–Crippen LogP) is 2.00. The maximum Gasteiger partial charge on any atom is 0.379 e. The van der Waals surface area contributed by atoms with E-state index in [0.29, 0.717) is 35.6 Å². The number of hydrogen-bond donors (Lipinski definition) is 3. The van der Waals surface area contributed by atoms with Gasteiger partial charge in [-0.2, -0.15) is 0 Å². The van der Waals surface area contributed by atoms with Crippen LogP contribution >= 0.6 is 0 Å². The van der Waals surface area contributed by atoms with Crippen molar-refractivity contribution in [2.24, 2.45) is 11.8 Å². The van der Waals surface area contributed by atoms with Gasteiger partial charge < -0.3 is 15.2 Å². The number of nitrogens with one attached hydrogen (secondary N) is 1. The summed E-state index contributed by atoms with van der Waals surface area (Å²) in [5, 5.41) is 25.9. The van der Waals surface area contributed by atoms with E-state index in [1.165, 1.54) is 0 Å². The van der Waals surface area contributed by atoms with Gasteiger partial charge >= 0.3 is 22.7 Å². The third-order valence-corrected chi connectivity index (χ3v) is 8.03. The Morgan fingerprint density at radius 3 is 2.68 bits per heavy atom. The molecule has 1 aromatic heterocycles. The summed E-state index contributed by atoms with van der Waals surface area (Å²) in [7, 11) is 0. The zero-order chi connectivity index (χ0) is 25.6. The van der Waals surface area contributed by atoms with E-state index in [9.17, 15) is 15.1 Å². The summed E-state index contributed by atoms with van der Waals surface area (Å²) >= 11 is 0. The molecule has 37 heavy (non-hydrogen) atoms. The molecule has 3 aliphatic carbocycles. The van der Waals surface area contributed by atoms with Gasteiger partial charge in [0.2, 0.25) is 5.69 Å². The third kappa shape index (κ3) is 4.87. The van der Waals surface area contributed by atoms with Crippen molar-refractivity contribution in [3.63, 3.8) is 0 Å². The number of benzene rings is 1. The Morgan fingerprint density at radius 1 is 1.19 bits per heavy atom. The zero-order valence-corrected chi connectivity index (χ0v) is 21.2. The van der Waals surface area contributed by atoms with E-state index >= 15 is 0 Å². The van der Waals surface area contributed by atoms with Crippen LogP contribution in [0.3, 0.4) is 0 Å². The van der Waals surface area contributed by atoms with Crippen molar-refractivity contribution in [3.8, 4) is 17.6 Å². The Morgan fingerprint density at radius 2 is 1.97 bits per heavy atom. The Kier molecular flexibility index (Phi) is 6.03. The van der Waals surface area contributed by atoms with E-state index < -0.39 is 11.5 Å². The van der Waals surface area contributed by atoms with Crippen LogP contribution in [0.4, 0.5) is 5.69 Å². The topological polar surface area (TPSA) is 96.8 Å². The minimum atomic E-state index is -0.462. The Hall–Kier alpha value is -3.59. The lowest BCUT2D eigenvalue weighted by Crippen LogP contribution is -2.43. The molecule has 3 N–H and O–H groups in total. The number of fused-ring (bicyclic) bond motifs is 1. The van der Waals surface area contributed by atoms with E-state index in [-0.39, 0.29) is 11.6 Å². The van der Waals surface area contributed by atoms with Crippen molar-refractivity contribution in [1.29, 1.82) is 0 Å². The van der Waals surface area contributed by atoms with Crippen LogP contribution in [0.5, 0.6) is 5.75 Å². The average molecular weight is 500 g/mol. The SMILES string of the molecule is CCOc1cc2c(cc1NC(=O)c1cccc(C3CC3)[n+]1O)=CC(C#CC1CCC(O)(C3CC3)CC1)=[N+]=2. The lowest BCUT2D eigenvalue weighted by molar-refractivity contribution is -0.910. The number of aliphatic hydroxyl groups is 1. The third-order valence-electron chi connectivity index (χ3n) is 8.03. The fourth-order valence-corrected chi connectivity index (χ4v) is 5.58. The number of carbonyl (C=O) groups is 1. The molecule has 6 rings (SSSR count). The summed E-state index contributed by atoms with van der Waals surface area (Å²) in [5.74, 6) is 7.82. The molecule has 7 nitrogen and oxygen atoms in total. The molecule has 3 saturated carbocycles. The molecule has 0 atom stereocenters. The first-order valence-corrected chi connectivity index (χ1v) is 13.5. The molecule has 1 amide bonds. The second-order valence-electron chi connectivity index (χ2n) is 10.8. The van der Waals surface area contributed by atoms with Crippen molar-refractivity contribution >= 4 is 23.4 Å². The first kappa shape index (κ1) is 23.8. The Bertz CT molecular complexity index is 1480. The second kappa shape index (κ2) is 9.37. The van der Waals surface area contributed by atoms with Gasteiger partial charge in [0.1, 0.15) is 0 Å². The molecule has 0 spiro atoms. The molecule has 1 aliphatic heterocycles. The largest absolute Gasteiger partial charge is 0.491 e. The minimum absolute atomic E-state index is 0.181. The van der Waals surface area contributed by atoms with Crippen molar-refractivity contribution in [2.75, 3.05) is 11.9 Å². The van der Waals surface area contributed by atoms with Gasteiger partial charge in [0.05, 0.1) is 35.3 Å². The van der Waals surface area contributed by atoms with E-state index in [1.807, 2.05) is 31.2 Å². The lowest BCUT2D eigenvalue weighted by atomic mass is 9.76. The lowest BCUT2D eigenvalue weighted by Gasteiger charge is -2.34. The molecule has 2 aromatic rings. The first-order chi connectivity index (χ1) is 17.9. The van der Waals surface area contributed by atoms with Crippen molar-refractivity contribution < 1.29 is 24.6 Å². The highest BCUT2D eigenvalue weighted by Crippen LogP contribution is 2.48. The van der Waals surface area contributed by atoms with Crippen LogP contribution < -0.4 is 30.0 Å². The number of aromatic nitrogens is 1. The van der Waals surface area contributed by atoms with Gasteiger partial charge in [-0.05, 0) is 76.3 Å². The highest BCUT2D eigenvalue weighted by molar-refractivity contribution is 6.21. The molecule has 0 saturated heterocycles. The van der Waals surface area contributed by atoms with Gasteiger partial charge in [0, 0.05) is 34.6 Å². The van der Waals surface area contributed by atoms with E-state index in [4.69, 9.17) is 4.74 Å². The van der Waals surface area contributed by atoms with Gasteiger partial charge in [-0.3, -0.25) is 10.0 Å². The quantitative estimate of drug-likeness (QED) is 0.245. The smallest absolute Gasteiger partial charge is 0.379 e. The maximum atomic E-state index is 13.1. The molecular weight excluding hydrogens is 466 g/mol. The van der Waals surface area contributed by atoms with Gasteiger partial charge in [-0.1, -0.05) is 10.6 Å². The number of ether oxygens (including phenoxy) is 1. The average Bonchev–Trinajstić information content (AvgIpc) is 3.81. The number of pyridine rings is 1. The summed E-state index contributed by atoms with van der Waals surface area (Å²) in [6, 6.07) is 8.93. The van der Waals surface area contributed by atoms with Crippen LogP contribution in [-0.2, 0) is 0 Å². The highest BCUT2D eigenvalue weighted by Gasteiger charge is 2.45. The molecule has 0 bridgehead atoms. The Labute approximate surface area is 216 Å². The number of rotatable bonds is 6. The summed E-state index contributed by atoms with van der Waals surface area (Å²) in [4.78, 5) is 13.1. The maximum absolute atomic E-state index is 13.1. The van der Waals surface area contributed by atoms with Crippen LogP contribution in [0, 0.1) is 23.7 Å². The fourth-order valence-electron chi connectivity index (χ4n) is 5.58. The monoisotopic (exact) mass is 499 g/mol. The molecule has 0 radical (unpaired) electrons. The summed E-state index contributed by atoms with van der Waals surface area (Å²) < 4.78 is 11.5. The first-order valence-electron chi connectivity index (χ1n) is 13.5. The van der Waals surface area contributed by atoms with Gasteiger partial charge in [0.15, 0.2) is 5.75 Å². The number of carbonyl (C=O) groups excluding carboxylic acids is 1. The molecule has 7 heteroatoms. The molecule has 190 valence electrons. The molecule has 2 heterocycles. The normalized spacial score (nSPS) is 24.1. The van der Waals surface area contributed by atoms with Crippen LogP contribution in [0.15, 0.2) is 30.3 Å². The molecule has 3 fully saturated rings. The van der Waals surface area contributed by atoms with Crippen molar-refractivity contribution in [3.05, 3.63) is 52.3 Å².